The summed E-state index contributed by atoms with van der Waals surface area (Å²) in [7, 11) is -0.549. The lowest BCUT2D eigenvalue weighted by Crippen LogP contribution is -2.41. The van der Waals surface area contributed by atoms with Gasteiger partial charge in [0.05, 0.1) is 28.4 Å². The number of halogens is 1. The largest absolute Gasteiger partial charge is 0.494 e. The van der Waals surface area contributed by atoms with E-state index in [2.05, 4.69) is 0 Å². The molecule has 1 aliphatic rings. The quantitative estimate of drug-likeness (QED) is 0.824. The smallest absolute Gasteiger partial charge is 0.399 e. The molecule has 1 N–H and O–H groups in total. The van der Waals surface area contributed by atoms with E-state index in [0.29, 0.717) is 17.1 Å². The highest BCUT2D eigenvalue weighted by Gasteiger charge is 2.51. The fourth-order valence-corrected chi connectivity index (χ4v) is 2.73. The second-order valence-corrected chi connectivity index (χ2v) is 7.34. The van der Waals surface area contributed by atoms with Gasteiger partial charge in [-0.3, -0.25) is 4.79 Å². The molecular weight excluding hydrogens is 328 g/mol. The van der Waals surface area contributed by atoms with Crippen LogP contribution in [0.5, 0.6) is 0 Å². The Balaban J connectivity index is 2.31. The van der Waals surface area contributed by atoms with Crippen LogP contribution in [0.25, 0.3) is 0 Å². The molecule has 7 heteroatoms. The number of carbonyl (C=O) groups excluding carboxylic acids is 1. The number of hydrogen-bond donors (Lipinski definition) is 1. The average molecular weight is 354 g/mol. The lowest BCUT2D eigenvalue weighted by atomic mass is 9.78. The van der Waals surface area contributed by atoms with E-state index in [0.717, 1.165) is 5.46 Å². The van der Waals surface area contributed by atoms with Gasteiger partial charge in [-0.15, -0.1) is 0 Å². The van der Waals surface area contributed by atoms with Crippen LogP contribution in [0.15, 0.2) is 18.2 Å². The zero-order valence-corrected chi connectivity index (χ0v) is 15.7. The van der Waals surface area contributed by atoms with Gasteiger partial charge in [-0.2, -0.15) is 0 Å². The predicted molar refractivity (Wildman–Crippen MR) is 95.8 cm³/mol. The lowest BCUT2D eigenvalue weighted by Gasteiger charge is -2.32. The summed E-state index contributed by atoms with van der Waals surface area (Å²) in [5.41, 5.74) is 0.238. The normalized spacial score (nSPS) is 18.7. The van der Waals surface area contributed by atoms with E-state index in [-0.39, 0.29) is 19.1 Å². The fraction of sp³-hybridized carbons (Fsp3) is 0.588. The van der Waals surface area contributed by atoms with Gasteiger partial charge in [0.25, 0.3) is 5.91 Å². The molecule has 1 amide bonds. The number of aliphatic hydroxyl groups is 1. The molecule has 24 heavy (non-hydrogen) atoms. The van der Waals surface area contributed by atoms with E-state index in [1.54, 1.807) is 17.0 Å². The molecule has 0 unspecified atom stereocenters. The lowest BCUT2D eigenvalue weighted by molar-refractivity contribution is 0.00578. The maximum atomic E-state index is 12.7. The molecule has 5 nitrogen and oxygen atoms in total. The summed E-state index contributed by atoms with van der Waals surface area (Å²) in [5.74, 6) is -0.213. The summed E-state index contributed by atoms with van der Waals surface area (Å²) in [5, 5.41) is 9.48. The Morgan fingerprint density at radius 2 is 1.83 bits per heavy atom. The Morgan fingerprint density at radius 3 is 2.33 bits per heavy atom. The summed E-state index contributed by atoms with van der Waals surface area (Å²) in [6, 6.07) is 5.21. The van der Waals surface area contributed by atoms with Crippen molar-refractivity contribution in [1.82, 2.24) is 4.90 Å². The fourth-order valence-electron chi connectivity index (χ4n) is 2.53. The highest BCUT2D eigenvalue weighted by molar-refractivity contribution is 6.62. The molecule has 1 aromatic rings. The van der Waals surface area contributed by atoms with Crippen molar-refractivity contribution in [3.05, 3.63) is 28.8 Å². The van der Waals surface area contributed by atoms with Crippen molar-refractivity contribution in [2.45, 2.75) is 45.8 Å². The summed E-state index contributed by atoms with van der Waals surface area (Å²) in [6.45, 7) is 10.5. The van der Waals surface area contributed by atoms with Crippen LogP contribution in [-0.2, 0) is 9.31 Å². The van der Waals surface area contributed by atoms with Crippen molar-refractivity contribution < 1.29 is 19.2 Å². The predicted octanol–water partition coefficient (Wildman–Crippen LogP) is 2.09. The first kappa shape index (κ1) is 19.3. The van der Waals surface area contributed by atoms with Crippen molar-refractivity contribution in [1.29, 1.82) is 0 Å². The van der Waals surface area contributed by atoms with E-state index >= 15 is 0 Å². The molecule has 1 aromatic carbocycles. The highest BCUT2D eigenvalue weighted by Crippen LogP contribution is 2.36. The summed E-state index contributed by atoms with van der Waals surface area (Å²) in [4.78, 5) is 14.2. The third-order valence-corrected chi connectivity index (χ3v) is 5.11. The molecule has 132 valence electrons. The van der Waals surface area contributed by atoms with E-state index in [4.69, 9.17) is 26.0 Å². The Bertz CT molecular complexity index is 605. The van der Waals surface area contributed by atoms with Gasteiger partial charge in [0.15, 0.2) is 0 Å². The molecule has 0 bridgehead atoms. The molecular formula is C17H25BClNO4. The molecule has 0 saturated carbocycles. The van der Waals surface area contributed by atoms with Crippen LogP contribution in [0.3, 0.4) is 0 Å². The number of aliphatic hydroxyl groups excluding tert-OH is 1. The monoisotopic (exact) mass is 353 g/mol. The summed E-state index contributed by atoms with van der Waals surface area (Å²) >= 11 is 6.22. The molecule has 1 fully saturated rings. The van der Waals surface area contributed by atoms with E-state index in [9.17, 15) is 4.79 Å². The number of likely N-dealkylation sites (N-methyl/N-ethyl adjacent to an activating group) is 1. The van der Waals surface area contributed by atoms with Gasteiger partial charge in [0, 0.05) is 13.1 Å². The first-order chi connectivity index (χ1) is 11.1. The molecule has 0 radical (unpaired) electrons. The van der Waals surface area contributed by atoms with Crippen LogP contribution in [0.4, 0.5) is 0 Å². The molecule has 2 rings (SSSR count). The number of nitrogens with zero attached hydrogens (tertiary/aromatic N) is 1. The van der Waals surface area contributed by atoms with Gasteiger partial charge in [-0.25, -0.2) is 0 Å². The maximum absolute atomic E-state index is 12.7. The van der Waals surface area contributed by atoms with Gasteiger partial charge in [0.1, 0.15) is 0 Å². The van der Waals surface area contributed by atoms with Crippen molar-refractivity contribution >= 4 is 30.1 Å². The number of hydrogen-bond acceptors (Lipinski definition) is 4. The van der Waals surface area contributed by atoms with Crippen LogP contribution in [0, 0.1) is 0 Å². The van der Waals surface area contributed by atoms with Crippen molar-refractivity contribution in [3.8, 4) is 0 Å². The minimum Gasteiger partial charge on any atom is -0.399 e. The minimum absolute atomic E-state index is 0.0892. The molecule has 0 atom stereocenters. The van der Waals surface area contributed by atoms with Crippen LogP contribution in [-0.4, -0.2) is 53.9 Å². The minimum atomic E-state index is -0.549. The molecule has 1 saturated heterocycles. The molecule has 0 aliphatic carbocycles. The Morgan fingerprint density at radius 1 is 1.25 bits per heavy atom. The molecule has 1 heterocycles. The van der Waals surface area contributed by atoms with Crippen LogP contribution in [0.1, 0.15) is 45.0 Å². The van der Waals surface area contributed by atoms with Crippen molar-refractivity contribution in [2.24, 2.45) is 0 Å². The van der Waals surface area contributed by atoms with Crippen molar-refractivity contribution in [2.75, 3.05) is 19.7 Å². The topological polar surface area (TPSA) is 59.0 Å². The molecule has 1 aliphatic heterocycles. The van der Waals surface area contributed by atoms with Gasteiger partial charge >= 0.3 is 7.12 Å². The van der Waals surface area contributed by atoms with Crippen LogP contribution in [0.2, 0.25) is 5.02 Å². The number of carbonyl (C=O) groups is 1. The summed E-state index contributed by atoms with van der Waals surface area (Å²) < 4.78 is 12.1. The zero-order valence-electron chi connectivity index (χ0n) is 14.9. The Hall–Kier alpha value is -1.08. The van der Waals surface area contributed by atoms with Crippen LogP contribution >= 0.6 is 11.6 Å². The average Bonchev–Trinajstić information content (AvgIpc) is 2.73. The summed E-state index contributed by atoms with van der Waals surface area (Å²) in [6.07, 6.45) is 0. The van der Waals surface area contributed by atoms with Gasteiger partial charge in [-0.1, -0.05) is 17.7 Å². The first-order valence-corrected chi connectivity index (χ1v) is 8.56. The van der Waals surface area contributed by atoms with E-state index in [1.807, 2.05) is 40.7 Å². The molecule has 0 spiro atoms. The molecule has 0 aromatic heterocycles. The second kappa shape index (κ2) is 7.04. The van der Waals surface area contributed by atoms with Gasteiger partial charge in [-0.05, 0) is 52.2 Å². The third kappa shape index (κ3) is 3.62. The SMILES string of the molecule is CCN(CCO)C(=O)c1cc(B2OC(C)(C)C(C)(C)O2)ccc1Cl. The van der Waals surface area contributed by atoms with Crippen molar-refractivity contribution in [3.63, 3.8) is 0 Å². The first-order valence-electron chi connectivity index (χ1n) is 8.18. The Labute approximate surface area is 149 Å². The van der Waals surface area contributed by atoms with Crippen LogP contribution < -0.4 is 5.46 Å². The second-order valence-electron chi connectivity index (χ2n) is 6.94. The maximum Gasteiger partial charge on any atom is 0.494 e. The highest BCUT2D eigenvalue weighted by atomic mass is 35.5. The third-order valence-electron chi connectivity index (χ3n) is 4.79. The number of benzene rings is 1. The van der Waals surface area contributed by atoms with E-state index < -0.39 is 18.3 Å². The Kier molecular flexibility index (Phi) is 5.65. The zero-order chi connectivity index (χ0) is 18.1. The number of amides is 1. The number of rotatable bonds is 5. The standard InChI is InChI=1S/C17H25BClNO4/c1-6-20(9-10-21)15(22)13-11-12(7-8-14(13)19)18-23-16(2,3)17(4,5)24-18/h7-8,11,21H,6,9-10H2,1-5H3. The van der Waals surface area contributed by atoms with Gasteiger partial charge in [0.2, 0.25) is 0 Å². The van der Waals surface area contributed by atoms with E-state index in [1.165, 1.54) is 0 Å². The van der Waals surface area contributed by atoms with Gasteiger partial charge < -0.3 is 19.3 Å².